The number of hydrogen-bond donors (Lipinski definition) is 0. The molecular weight excluding hydrogens is 280 g/mol. The summed E-state index contributed by atoms with van der Waals surface area (Å²) < 4.78 is 10.6. The normalized spacial score (nSPS) is 18.4. The molecule has 0 bridgehead atoms. The molecule has 0 atom stereocenters. The van der Waals surface area contributed by atoms with Crippen molar-refractivity contribution >= 4 is 17.5 Å². The third kappa shape index (κ3) is 2.43. The minimum Gasteiger partial charge on any atom is -0.454 e. The molecule has 5 nitrogen and oxygen atoms in total. The maximum Gasteiger partial charge on any atom is 0.254 e. The van der Waals surface area contributed by atoms with Gasteiger partial charge in [0.15, 0.2) is 11.5 Å². The molecule has 0 N–H and O–H groups in total. The first-order valence-electron chi connectivity index (χ1n) is 6.80. The van der Waals surface area contributed by atoms with E-state index in [0.29, 0.717) is 22.1 Å². The summed E-state index contributed by atoms with van der Waals surface area (Å²) in [5.74, 6) is 1.08. The molecule has 1 fully saturated rings. The fraction of sp³-hybridized carbons (Fsp3) is 0.500. The van der Waals surface area contributed by atoms with E-state index in [0.717, 1.165) is 32.7 Å². The zero-order chi connectivity index (χ0) is 14.1. The van der Waals surface area contributed by atoms with Crippen molar-refractivity contribution in [1.82, 2.24) is 9.80 Å². The number of fused-ring (bicyclic) bond motifs is 1. The fourth-order valence-electron chi connectivity index (χ4n) is 2.54. The molecule has 0 unspecified atom stereocenters. The van der Waals surface area contributed by atoms with Crippen LogP contribution in [0, 0.1) is 0 Å². The lowest BCUT2D eigenvalue weighted by Crippen LogP contribution is -2.48. The summed E-state index contributed by atoms with van der Waals surface area (Å²) in [6, 6.07) is 3.37. The van der Waals surface area contributed by atoms with E-state index in [2.05, 4.69) is 11.8 Å². The van der Waals surface area contributed by atoms with Crippen LogP contribution in [0.3, 0.4) is 0 Å². The monoisotopic (exact) mass is 296 g/mol. The molecular formula is C14H17ClN2O3. The highest BCUT2D eigenvalue weighted by Gasteiger charge is 2.25. The number of halogens is 1. The number of hydrogen-bond acceptors (Lipinski definition) is 4. The third-order valence-corrected chi connectivity index (χ3v) is 4.06. The van der Waals surface area contributed by atoms with Crippen molar-refractivity contribution in [3.63, 3.8) is 0 Å². The third-order valence-electron chi connectivity index (χ3n) is 3.78. The minimum atomic E-state index is 0.000882. The second kappa shape index (κ2) is 5.50. The molecule has 1 saturated heterocycles. The highest BCUT2D eigenvalue weighted by atomic mass is 35.5. The van der Waals surface area contributed by atoms with Crippen LogP contribution in [-0.4, -0.2) is 55.2 Å². The highest BCUT2D eigenvalue weighted by molar-refractivity contribution is 6.32. The molecule has 1 aromatic rings. The lowest BCUT2D eigenvalue weighted by atomic mass is 10.1. The first-order chi connectivity index (χ1) is 9.69. The quantitative estimate of drug-likeness (QED) is 0.835. The Hall–Kier alpha value is -1.46. The predicted octanol–water partition coefficient (Wildman–Crippen LogP) is 1.85. The van der Waals surface area contributed by atoms with Gasteiger partial charge in [-0.2, -0.15) is 0 Å². The molecule has 0 spiro atoms. The number of carbonyl (C=O) groups excluding carboxylic acids is 1. The van der Waals surface area contributed by atoms with Crippen LogP contribution in [0.15, 0.2) is 12.1 Å². The van der Waals surface area contributed by atoms with Crippen LogP contribution in [0.5, 0.6) is 11.5 Å². The summed E-state index contributed by atoms with van der Waals surface area (Å²) >= 11 is 6.12. The molecule has 1 amide bonds. The van der Waals surface area contributed by atoms with Gasteiger partial charge in [-0.05, 0) is 18.7 Å². The molecule has 2 heterocycles. The largest absolute Gasteiger partial charge is 0.454 e. The molecule has 108 valence electrons. The van der Waals surface area contributed by atoms with E-state index in [9.17, 15) is 4.79 Å². The van der Waals surface area contributed by atoms with Gasteiger partial charge in [0, 0.05) is 31.7 Å². The van der Waals surface area contributed by atoms with Gasteiger partial charge in [0.25, 0.3) is 5.91 Å². The lowest BCUT2D eigenvalue weighted by molar-refractivity contribution is 0.0643. The van der Waals surface area contributed by atoms with E-state index < -0.39 is 0 Å². The number of amides is 1. The smallest absolute Gasteiger partial charge is 0.254 e. The van der Waals surface area contributed by atoms with Crippen LogP contribution in [0.2, 0.25) is 5.02 Å². The second-order valence-electron chi connectivity index (χ2n) is 4.92. The summed E-state index contributed by atoms with van der Waals surface area (Å²) in [6.45, 7) is 6.65. The van der Waals surface area contributed by atoms with Gasteiger partial charge in [-0.15, -0.1) is 0 Å². The molecule has 20 heavy (non-hydrogen) atoms. The van der Waals surface area contributed by atoms with E-state index in [1.165, 1.54) is 0 Å². The van der Waals surface area contributed by atoms with Gasteiger partial charge in [-0.25, -0.2) is 0 Å². The van der Waals surface area contributed by atoms with Crippen molar-refractivity contribution in [2.45, 2.75) is 6.92 Å². The second-order valence-corrected chi connectivity index (χ2v) is 5.33. The van der Waals surface area contributed by atoms with E-state index in [1.807, 2.05) is 4.90 Å². The van der Waals surface area contributed by atoms with E-state index in [1.54, 1.807) is 12.1 Å². The van der Waals surface area contributed by atoms with Crippen LogP contribution < -0.4 is 9.47 Å². The predicted molar refractivity (Wildman–Crippen MR) is 75.6 cm³/mol. The van der Waals surface area contributed by atoms with Gasteiger partial charge in [0.1, 0.15) is 0 Å². The molecule has 0 radical (unpaired) electrons. The Labute approximate surface area is 123 Å². The Morgan fingerprint density at radius 2 is 2.00 bits per heavy atom. The minimum absolute atomic E-state index is 0.000882. The average molecular weight is 297 g/mol. The zero-order valence-electron chi connectivity index (χ0n) is 11.4. The molecule has 3 rings (SSSR count). The molecule has 0 saturated carbocycles. The SMILES string of the molecule is CCN1CCN(C(=O)c2cc(Cl)c3c(c2)OCO3)CC1. The number of ether oxygens (including phenoxy) is 2. The number of piperazine rings is 1. The summed E-state index contributed by atoms with van der Waals surface area (Å²) in [7, 11) is 0. The number of rotatable bonds is 2. The van der Waals surface area contributed by atoms with E-state index >= 15 is 0 Å². The van der Waals surface area contributed by atoms with Gasteiger partial charge >= 0.3 is 0 Å². The molecule has 6 heteroatoms. The van der Waals surface area contributed by atoms with Crippen molar-refractivity contribution in [3.8, 4) is 11.5 Å². The summed E-state index contributed by atoms with van der Waals surface area (Å²) in [4.78, 5) is 16.7. The van der Waals surface area contributed by atoms with Crippen LogP contribution >= 0.6 is 11.6 Å². The maximum atomic E-state index is 12.5. The van der Waals surface area contributed by atoms with Gasteiger partial charge in [0.05, 0.1) is 5.02 Å². The van der Waals surface area contributed by atoms with Crippen LogP contribution in [0.4, 0.5) is 0 Å². The number of carbonyl (C=O) groups is 1. The standard InChI is InChI=1S/C14H17ClN2O3/c1-2-16-3-5-17(6-4-16)14(18)10-7-11(15)13-12(8-10)19-9-20-13/h7-8H,2-6,9H2,1H3. The maximum absolute atomic E-state index is 12.5. The van der Waals surface area contributed by atoms with Gasteiger partial charge in [-0.1, -0.05) is 18.5 Å². The molecule has 2 aliphatic rings. The highest BCUT2D eigenvalue weighted by Crippen LogP contribution is 2.40. The molecule has 1 aromatic carbocycles. The Bertz CT molecular complexity index is 527. The van der Waals surface area contributed by atoms with E-state index in [4.69, 9.17) is 21.1 Å². The van der Waals surface area contributed by atoms with Gasteiger partial charge < -0.3 is 19.3 Å². The Kier molecular flexibility index (Phi) is 3.72. The van der Waals surface area contributed by atoms with Crippen LogP contribution in [0.1, 0.15) is 17.3 Å². The zero-order valence-corrected chi connectivity index (χ0v) is 12.2. The summed E-state index contributed by atoms with van der Waals surface area (Å²) in [5, 5.41) is 0.426. The first-order valence-corrected chi connectivity index (χ1v) is 7.17. The van der Waals surface area contributed by atoms with E-state index in [-0.39, 0.29) is 12.7 Å². The van der Waals surface area contributed by atoms with Crippen molar-refractivity contribution < 1.29 is 14.3 Å². The van der Waals surface area contributed by atoms with Crippen molar-refractivity contribution in [2.75, 3.05) is 39.5 Å². The van der Waals surface area contributed by atoms with Gasteiger partial charge in [-0.3, -0.25) is 4.79 Å². The topological polar surface area (TPSA) is 42.0 Å². The van der Waals surface area contributed by atoms with Crippen LogP contribution in [-0.2, 0) is 0 Å². The Balaban J connectivity index is 1.76. The van der Waals surface area contributed by atoms with Crippen LogP contribution in [0.25, 0.3) is 0 Å². The number of nitrogens with zero attached hydrogens (tertiary/aromatic N) is 2. The van der Waals surface area contributed by atoms with Crippen molar-refractivity contribution in [3.05, 3.63) is 22.7 Å². The fourth-order valence-corrected chi connectivity index (χ4v) is 2.81. The lowest BCUT2D eigenvalue weighted by Gasteiger charge is -2.34. The Morgan fingerprint density at radius 1 is 1.25 bits per heavy atom. The molecule has 0 aliphatic carbocycles. The Morgan fingerprint density at radius 3 is 2.70 bits per heavy atom. The molecule has 0 aromatic heterocycles. The average Bonchev–Trinajstić information content (AvgIpc) is 2.95. The number of likely N-dealkylation sites (N-methyl/N-ethyl adjacent to an activating group) is 1. The summed E-state index contributed by atoms with van der Waals surface area (Å²) in [6.07, 6.45) is 0. The van der Waals surface area contributed by atoms with Gasteiger partial charge in [0.2, 0.25) is 6.79 Å². The molecule has 2 aliphatic heterocycles. The summed E-state index contributed by atoms with van der Waals surface area (Å²) in [5.41, 5.74) is 0.559. The van der Waals surface area contributed by atoms with Crippen molar-refractivity contribution in [2.24, 2.45) is 0 Å². The van der Waals surface area contributed by atoms with Crippen molar-refractivity contribution in [1.29, 1.82) is 0 Å². The number of benzene rings is 1. The first kappa shape index (κ1) is 13.5.